The lowest BCUT2D eigenvalue weighted by molar-refractivity contribution is 0.0330. The van der Waals surface area contributed by atoms with Gasteiger partial charge in [-0.3, -0.25) is 4.90 Å². The summed E-state index contributed by atoms with van der Waals surface area (Å²) in [6, 6.07) is 9.25. The van der Waals surface area contributed by atoms with Crippen LogP contribution < -0.4 is 5.32 Å². The third-order valence-electron chi connectivity index (χ3n) is 5.48. The Balaban J connectivity index is 1.63. The number of hydrogen-bond acceptors (Lipinski definition) is 4. The maximum absolute atomic E-state index is 5.51. The standard InChI is InChI=1S/C20H33N3O/c1-17-6-3-4-8-19(17)20(16-23-10-12-24-13-11-23)21-14-18-7-5-9-22(2)15-18/h3-4,6,8,18,20-21H,5,7,9-16H2,1-2H3/t18-,20+/m0/s1. The van der Waals surface area contributed by atoms with Crippen LogP contribution in [0.1, 0.15) is 30.0 Å². The maximum atomic E-state index is 5.51. The molecule has 2 aliphatic rings. The molecule has 1 aromatic carbocycles. The van der Waals surface area contributed by atoms with Crippen molar-refractivity contribution in [1.29, 1.82) is 0 Å². The highest BCUT2D eigenvalue weighted by molar-refractivity contribution is 5.29. The van der Waals surface area contributed by atoms with Crippen LogP contribution in [0.3, 0.4) is 0 Å². The van der Waals surface area contributed by atoms with E-state index in [1.807, 2.05) is 0 Å². The number of hydrogen-bond donors (Lipinski definition) is 1. The van der Waals surface area contributed by atoms with Crippen LogP contribution in [-0.4, -0.2) is 69.3 Å². The van der Waals surface area contributed by atoms with Crippen molar-refractivity contribution in [3.05, 3.63) is 35.4 Å². The number of nitrogens with one attached hydrogen (secondary N) is 1. The molecule has 134 valence electrons. The number of morpholine rings is 1. The van der Waals surface area contributed by atoms with Gasteiger partial charge in [-0.05, 0) is 56.9 Å². The molecule has 3 rings (SSSR count). The molecular weight excluding hydrogens is 298 g/mol. The minimum atomic E-state index is 0.413. The Morgan fingerprint density at radius 3 is 2.75 bits per heavy atom. The summed E-state index contributed by atoms with van der Waals surface area (Å²) in [4.78, 5) is 5.02. The van der Waals surface area contributed by atoms with Crippen molar-refractivity contribution >= 4 is 0 Å². The molecule has 0 radical (unpaired) electrons. The molecule has 4 nitrogen and oxygen atoms in total. The molecule has 24 heavy (non-hydrogen) atoms. The minimum Gasteiger partial charge on any atom is -0.379 e. The lowest BCUT2D eigenvalue weighted by atomic mass is 9.96. The Morgan fingerprint density at radius 2 is 2.00 bits per heavy atom. The summed E-state index contributed by atoms with van der Waals surface area (Å²) < 4.78 is 5.51. The number of rotatable bonds is 6. The summed E-state index contributed by atoms with van der Waals surface area (Å²) in [5, 5.41) is 3.91. The zero-order valence-electron chi connectivity index (χ0n) is 15.3. The first-order valence-electron chi connectivity index (χ1n) is 9.50. The molecule has 1 aromatic rings. The molecule has 0 amide bonds. The normalized spacial score (nSPS) is 24.8. The molecule has 1 N–H and O–H groups in total. The lowest BCUT2D eigenvalue weighted by Gasteiger charge is -2.34. The predicted octanol–water partition coefficient (Wildman–Crippen LogP) is 2.30. The number of aryl methyl sites for hydroxylation is 1. The van der Waals surface area contributed by atoms with Gasteiger partial charge in [0.15, 0.2) is 0 Å². The third-order valence-corrected chi connectivity index (χ3v) is 5.48. The van der Waals surface area contributed by atoms with E-state index in [-0.39, 0.29) is 0 Å². The van der Waals surface area contributed by atoms with E-state index in [4.69, 9.17) is 4.74 Å². The monoisotopic (exact) mass is 331 g/mol. The fourth-order valence-electron chi connectivity index (χ4n) is 4.04. The van der Waals surface area contributed by atoms with Gasteiger partial charge in [-0.1, -0.05) is 24.3 Å². The van der Waals surface area contributed by atoms with Crippen LogP contribution in [-0.2, 0) is 4.74 Å². The Labute approximate surface area is 147 Å². The van der Waals surface area contributed by atoms with Crippen LogP contribution in [0.5, 0.6) is 0 Å². The molecule has 0 aromatic heterocycles. The van der Waals surface area contributed by atoms with E-state index in [0.29, 0.717) is 6.04 Å². The molecule has 0 spiro atoms. The zero-order chi connectivity index (χ0) is 16.8. The van der Waals surface area contributed by atoms with Gasteiger partial charge in [-0.15, -0.1) is 0 Å². The Morgan fingerprint density at radius 1 is 1.21 bits per heavy atom. The highest BCUT2D eigenvalue weighted by Gasteiger charge is 2.22. The van der Waals surface area contributed by atoms with Crippen molar-refractivity contribution < 1.29 is 4.74 Å². The van der Waals surface area contributed by atoms with Gasteiger partial charge >= 0.3 is 0 Å². The van der Waals surface area contributed by atoms with Gasteiger partial charge in [-0.2, -0.15) is 0 Å². The van der Waals surface area contributed by atoms with Crippen LogP contribution >= 0.6 is 0 Å². The molecule has 2 saturated heterocycles. The number of likely N-dealkylation sites (tertiary alicyclic amines) is 1. The average molecular weight is 332 g/mol. The molecule has 0 bridgehead atoms. The molecule has 2 fully saturated rings. The van der Waals surface area contributed by atoms with Crippen LogP contribution in [0, 0.1) is 12.8 Å². The van der Waals surface area contributed by atoms with Gasteiger partial charge < -0.3 is 15.0 Å². The molecule has 2 atom stereocenters. The van der Waals surface area contributed by atoms with E-state index in [1.165, 1.54) is 37.1 Å². The van der Waals surface area contributed by atoms with Crippen LogP contribution in [0.4, 0.5) is 0 Å². The highest BCUT2D eigenvalue weighted by atomic mass is 16.5. The van der Waals surface area contributed by atoms with E-state index in [9.17, 15) is 0 Å². The van der Waals surface area contributed by atoms with Crippen molar-refractivity contribution in [2.45, 2.75) is 25.8 Å². The summed E-state index contributed by atoms with van der Waals surface area (Å²) in [7, 11) is 2.25. The number of nitrogens with zero attached hydrogens (tertiary/aromatic N) is 2. The zero-order valence-corrected chi connectivity index (χ0v) is 15.3. The quantitative estimate of drug-likeness (QED) is 0.866. The number of benzene rings is 1. The van der Waals surface area contributed by atoms with Crippen molar-refractivity contribution in [3.8, 4) is 0 Å². The van der Waals surface area contributed by atoms with Gasteiger partial charge in [0.25, 0.3) is 0 Å². The molecule has 0 aliphatic carbocycles. The Bertz CT molecular complexity index is 501. The van der Waals surface area contributed by atoms with E-state index in [0.717, 1.165) is 45.3 Å². The van der Waals surface area contributed by atoms with E-state index in [2.05, 4.69) is 53.4 Å². The largest absolute Gasteiger partial charge is 0.379 e. The number of piperidine rings is 1. The van der Waals surface area contributed by atoms with Gasteiger partial charge in [0.05, 0.1) is 13.2 Å². The second-order valence-electron chi connectivity index (χ2n) is 7.50. The van der Waals surface area contributed by atoms with Crippen molar-refractivity contribution in [2.24, 2.45) is 5.92 Å². The fraction of sp³-hybridized carbons (Fsp3) is 0.700. The number of ether oxygens (including phenoxy) is 1. The first-order valence-corrected chi connectivity index (χ1v) is 9.50. The van der Waals surface area contributed by atoms with E-state index < -0.39 is 0 Å². The average Bonchev–Trinajstić information content (AvgIpc) is 2.60. The predicted molar refractivity (Wildman–Crippen MR) is 99.4 cm³/mol. The fourth-order valence-corrected chi connectivity index (χ4v) is 4.04. The van der Waals surface area contributed by atoms with Crippen LogP contribution in [0.2, 0.25) is 0 Å². The third kappa shape index (κ3) is 5.03. The van der Waals surface area contributed by atoms with E-state index >= 15 is 0 Å². The minimum absolute atomic E-state index is 0.413. The summed E-state index contributed by atoms with van der Waals surface area (Å²) in [5.41, 5.74) is 2.84. The lowest BCUT2D eigenvalue weighted by Crippen LogP contribution is -2.44. The van der Waals surface area contributed by atoms with Gasteiger partial charge in [0, 0.05) is 32.2 Å². The first kappa shape index (κ1) is 17.9. The summed E-state index contributed by atoms with van der Waals surface area (Å²) in [5.74, 6) is 0.778. The molecule has 2 aliphatic heterocycles. The second kappa shape index (κ2) is 8.95. The SMILES string of the molecule is Cc1ccccc1[C@@H](CN1CCOCC1)NC[C@@H]1CCCN(C)C1. The Kier molecular flexibility index (Phi) is 6.67. The molecule has 0 unspecified atom stereocenters. The second-order valence-corrected chi connectivity index (χ2v) is 7.50. The molecule has 2 heterocycles. The van der Waals surface area contributed by atoms with Crippen LogP contribution in [0.25, 0.3) is 0 Å². The van der Waals surface area contributed by atoms with E-state index in [1.54, 1.807) is 0 Å². The Hall–Kier alpha value is -0.940. The molecular formula is C20H33N3O. The topological polar surface area (TPSA) is 27.7 Å². The van der Waals surface area contributed by atoms with Crippen molar-refractivity contribution in [2.75, 3.05) is 59.5 Å². The molecule has 4 heteroatoms. The van der Waals surface area contributed by atoms with Crippen molar-refractivity contribution in [3.63, 3.8) is 0 Å². The summed E-state index contributed by atoms with van der Waals surface area (Å²) >= 11 is 0. The van der Waals surface area contributed by atoms with Crippen LogP contribution in [0.15, 0.2) is 24.3 Å². The smallest absolute Gasteiger partial charge is 0.0594 e. The maximum Gasteiger partial charge on any atom is 0.0594 e. The van der Waals surface area contributed by atoms with Crippen molar-refractivity contribution in [1.82, 2.24) is 15.1 Å². The highest BCUT2D eigenvalue weighted by Crippen LogP contribution is 2.21. The summed E-state index contributed by atoms with van der Waals surface area (Å²) in [6.45, 7) is 10.8. The van der Waals surface area contributed by atoms with Gasteiger partial charge in [-0.25, -0.2) is 0 Å². The van der Waals surface area contributed by atoms with Gasteiger partial charge in [0.1, 0.15) is 0 Å². The molecule has 0 saturated carbocycles. The summed E-state index contributed by atoms with van der Waals surface area (Å²) in [6.07, 6.45) is 2.69. The van der Waals surface area contributed by atoms with Gasteiger partial charge in [0.2, 0.25) is 0 Å². The first-order chi connectivity index (χ1) is 11.7.